The molecular weight excluding hydrogens is 369 g/mol. The van der Waals surface area contributed by atoms with Gasteiger partial charge in [0, 0.05) is 11.9 Å². The van der Waals surface area contributed by atoms with Crippen LogP contribution in [0.4, 0.5) is 10.1 Å². The zero-order chi connectivity index (χ0) is 20.4. The lowest BCUT2D eigenvalue weighted by Crippen LogP contribution is -2.22. The second kappa shape index (κ2) is 7.67. The van der Waals surface area contributed by atoms with Gasteiger partial charge in [-0.25, -0.2) is 4.39 Å². The van der Waals surface area contributed by atoms with Crippen LogP contribution < -0.4 is 10.9 Å². The molecule has 4 rings (SSSR count). The third-order valence-corrected chi connectivity index (χ3v) is 4.67. The minimum Gasteiger partial charge on any atom is -0.322 e. The topological polar surface area (TPSA) is 64.0 Å². The van der Waals surface area contributed by atoms with E-state index >= 15 is 0 Å². The van der Waals surface area contributed by atoms with Crippen LogP contribution in [0.1, 0.15) is 21.6 Å². The third-order valence-electron chi connectivity index (χ3n) is 4.67. The molecule has 0 unspecified atom stereocenters. The molecule has 0 saturated carbocycles. The van der Waals surface area contributed by atoms with Crippen molar-refractivity contribution in [3.8, 4) is 0 Å². The van der Waals surface area contributed by atoms with Gasteiger partial charge in [0.15, 0.2) is 0 Å². The maximum absolute atomic E-state index is 13.4. The summed E-state index contributed by atoms with van der Waals surface area (Å²) in [6.45, 7) is 2.13. The fourth-order valence-corrected chi connectivity index (χ4v) is 3.20. The first kappa shape index (κ1) is 18.6. The van der Waals surface area contributed by atoms with Crippen LogP contribution in [0, 0.1) is 12.7 Å². The van der Waals surface area contributed by atoms with Crippen molar-refractivity contribution in [2.45, 2.75) is 13.5 Å². The first-order chi connectivity index (χ1) is 14.0. The van der Waals surface area contributed by atoms with Crippen LogP contribution in [0.5, 0.6) is 0 Å². The highest BCUT2D eigenvalue weighted by Gasteiger charge is 2.15. The predicted molar refractivity (Wildman–Crippen MR) is 111 cm³/mol. The second-order valence-electron chi connectivity index (χ2n) is 6.75. The molecule has 0 aliphatic heterocycles. The molecule has 0 atom stereocenters. The van der Waals surface area contributed by atoms with Crippen LogP contribution in [0.25, 0.3) is 10.9 Å². The molecule has 0 aliphatic rings. The summed E-state index contributed by atoms with van der Waals surface area (Å²) in [7, 11) is 0. The van der Waals surface area contributed by atoms with Crippen LogP contribution in [-0.2, 0) is 6.54 Å². The Bertz CT molecular complexity index is 1270. The number of amides is 1. The maximum atomic E-state index is 13.4. The summed E-state index contributed by atoms with van der Waals surface area (Å²) in [6, 6.07) is 18.6. The molecule has 144 valence electrons. The minimum absolute atomic E-state index is 0.223. The van der Waals surface area contributed by atoms with E-state index in [9.17, 15) is 14.0 Å². The number of aromatic nitrogens is 2. The average Bonchev–Trinajstić information content (AvgIpc) is 2.70. The van der Waals surface area contributed by atoms with Gasteiger partial charge in [-0.1, -0.05) is 36.4 Å². The zero-order valence-corrected chi connectivity index (χ0v) is 15.7. The number of nitrogens with zero attached hydrogens (tertiary/aromatic N) is 2. The van der Waals surface area contributed by atoms with Crippen molar-refractivity contribution in [1.82, 2.24) is 9.55 Å². The van der Waals surface area contributed by atoms with E-state index in [-0.39, 0.29) is 11.1 Å². The Morgan fingerprint density at radius 1 is 1.07 bits per heavy atom. The molecule has 1 N–H and O–H groups in total. The molecule has 29 heavy (non-hydrogen) atoms. The van der Waals surface area contributed by atoms with Crippen molar-refractivity contribution in [2.24, 2.45) is 0 Å². The predicted octanol–water partition coefficient (Wildman–Crippen LogP) is 4.14. The molecule has 0 spiro atoms. The Kier molecular flexibility index (Phi) is 4.91. The van der Waals surface area contributed by atoms with Crippen molar-refractivity contribution < 1.29 is 9.18 Å². The molecule has 6 heteroatoms. The van der Waals surface area contributed by atoms with Crippen LogP contribution in [0.15, 0.2) is 77.7 Å². The lowest BCUT2D eigenvalue weighted by Gasteiger charge is -2.11. The van der Waals surface area contributed by atoms with Crippen molar-refractivity contribution in [1.29, 1.82) is 0 Å². The Balaban J connectivity index is 1.71. The van der Waals surface area contributed by atoms with Gasteiger partial charge in [-0.3, -0.25) is 14.6 Å². The Hall–Kier alpha value is -3.80. The molecule has 1 amide bonds. The van der Waals surface area contributed by atoms with E-state index in [0.29, 0.717) is 28.8 Å². The Morgan fingerprint density at radius 3 is 2.62 bits per heavy atom. The van der Waals surface area contributed by atoms with E-state index < -0.39 is 11.7 Å². The van der Waals surface area contributed by atoms with Gasteiger partial charge in [0.2, 0.25) is 0 Å². The molecule has 2 heterocycles. The molecule has 4 aromatic rings. The number of benzene rings is 2. The minimum atomic E-state index is -0.444. The summed E-state index contributed by atoms with van der Waals surface area (Å²) in [5, 5.41) is 3.01. The van der Waals surface area contributed by atoms with Crippen LogP contribution >= 0.6 is 0 Å². The number of anilines is 1. The van der Waals surface area contributed by atoms with Gasteiger partial charge in [0.25, 0.3) is 11.5 Å². The molecule has 0 saturated heterocycles. The first-order valence-corrected chi connectivity index (χ1v) is 9.13. The smallest absolute Gasteiger partial charge is 0.260 e. The van der Waals surface area contributed by atoms with Gasteiger partial charge >= 0.3 is 0 Å². The zero-order valence-electron chi connectivity index (χ0n) is 15.7. The van der Waals surface area contributed by atoms with Crippen molar-refractivity contribution in [3.05, 3.63) is 106 Å². The number of carbonyl (C=O) groups is 1. The first-order valence-electron chi connectivity index (χ1n) is 9.13. The molecule has 0 radical (unpaired) electrons. The normalized spacial score (nSPS) is 10.8. The fraction of sp³-hybridized carbons (Fsp3) is 0.0870. The summed E-state index contributed by atoms with van der Waals surface area (Å²) in [5.74, 6) is -0.889. The lowest BCUT2D eigenvalue weighted by molar-refractivity contribution is 0.102. The van der Waals surface area contributed by atoms with Gasteiger partial charge in [-0.2, -0.15) is 0 Å². The molecule has 5 nitrogen and oxygen atoms in total. The quantitative estimate of drug-likeness (QED) is 0.572. The van der Waals surface area contributed by atoms with E-state index in [0.717, 1.165) is 5.56 Å². The fourth-order valence-electron chi connectivity index (χ4n) is 3.20. The van der Waals surface area contributed by atoms with Gasteiger partial charge < -0.3 is 9.88 Å². The average molecular weight is 387 g/mol. The molecule has 2 aromatic carbocycles. The summed E-state index contributed by atoms with van der Waals surface area (Å²) in [5.41, 5.74) is 2.41. The number of hydrogen-bond acceptors (Lipinski definition) is 3. The standard InChI is InChI=1S/C23H18FN3O2/c1-15-19(22(28)26-18-9-5-8-17(24)12-18)13-20-21(25-15)10-11-27(23(20)29)14-16-6-3-2-4-7-16/h2-13H,14H2,1H3,(H,26,28). The highest BCUT2D eigenvalue weighted by atomic mass is 19.1. The van der Waals surface area contributed by atoms with E-state index in [1.807, 2.05) is 30.3 Å². The SMILES string of the molecule is Cc1nc2ccn(Cc3ccccc3)c(=O)c2cc1C(=O)Nc1cccc(F)c1. The number of halogens is 1. The number of carbonyl (C=O) groups excluding carboxylic acids is 1. The number of aryl methyl sites for hydroxylation is 1. The summed E-state index contributed by atoms with van der Waals surface area (Å²) in [4.78, 5) is 30.1. The van der Waals surface area contributed by atoms with Gasteiger partial charge in [-0.15, -0.1) is 0 Å². The molecular formula is C23H18FN3O2. The Labute approximate surface area is 166 Å². The number of fused-ring (bicyclic) bond motifs is 1. The van der Waals surface area contributed by atoms with Crippen LogP contribution in [0.2, 0.25) is 0 Å². The molecule has 0 bridgehead atoms. The Morgan fingerprint density at radius 2 is 1.86 bits per heavy atom. The van der Waals surface area contributed by atoms with Crippen LogP contribution in [0.3, 0.4) is 0 Å². The van der Waals surface area contributed by atoms with Crippen LogP contribution in [-0.4, -0.2) is 15.5 Å². The summed E-state index contributed by atoms with van der Waals surface area (Å²) < 4.78 is 15.0. The highest BCUT2D eigenvalue weighted by molar-refractivity contribution is 6.06. The highest BCUT2D eigenvalue weighted by Crippen LogP contribution is 2.17. The number of nitrogens with one attached hydrogen (secondary N) is 1. The summed E-state index contributed by atoms with van der Waals surface area (Å²) >= 11 is 0. The van der Waals surface area contributed by atoms with Crippen molar-refractivity contribution in [3.63, 3.8) is 0 Å². The maximum Gasteiger partial charge on any atom is 0.260 e. The van der Waals surface area contributed by atoms with E-state index in [1.165, 1.54) is 18.2 Å². The lowest BCUT2D eigenvalue weighted by atomic mass is 10.1. The summed E-state index contributed by atoms with van der Waals surface area (Å²) in [6.07, 6.45) is 1.70. The number of rotatable bonds is 4. The van der Waals surface area contributed by atoms with Crippen molar-refractivity contribution in [2.75, 3.05) is 5.32 Å². The monoisotopic (exact) mass is 387 g/mol. The van der Waals surface area contributed by atoms with E-state index in [4.69, 9.17) is 0 Å². The van der Waals surface area contributed by atoms with E-state index in [1.54, 1.807) is 35.9 Å². The number of pyridine rings is 2. The van der Waals surface area contributed by atoms with Crippen molar-refractivity contribution >= 4 is 22.5 Å². The molecule has 0 aliphatic carbocycles. The van der Waals surface area contributed by atoms with Gasteiger partial charge in [-0.05, 0) is 42.8 Å². The third kappa shape index (κ3) is 3.91. The largest absolute Gasteiger partial charge is 0.322 e. The molecule has 2 aromatic heterocycles. The number of hydrogen-bond donors (Lipinski definition) is 1. The second-order valence-corrected chi connectivity index (χ2v) is 6.75. The van der Waals surface area contributed by atoms with Gasteiger partial charge in [0.1, 0.15) is 5.82 Å². The van der Waals surface area contributed by atoms with Gasteiger partial charge in [0.05, 0.1) is 28.7 Å². The molecule has 0 fully saturated rings. The van der Waals surface area contributed by atoms with E-state index in [2.05, 4.69) is 10.3 Å².